The van der Waals surface area contributed by atoms with Crippen molar-refractivity contribution >= 4 is 10.9 Å². The highest BCUT2D eigenvalue weighted by molar-refractivity contribution is 5.79. The van der Waals surface area contributed by atoms with E-state index in [1.807, 2.05) is 19.9 Å². The topological polar surface area (TPSA) is 12.9 Å². The Morgan fingerprint density at radius 2 is 1.80 bits per heavy atom. The van der Waals surface area contributed by atoms with Crippen LogP contribution < -0.4 is 0 Å². The molecule has 1 aromatic heterocycles. The third kappa shape index (κ3) is 2.56. The molecule has 0 spiro atoms. The minimum Gasteiger partial charge on any atom is -0.253 e. The molecule has 0 radical (unpaired) electrons. The van der Waals surface area contributed by atoms with E-state index in [0.717, 1.165) is 11.9 Å². The van der Waals surface area contributed by atoms with E-state index >= 15 is 0 Å². The second kappa shape index (κ2) is 5.50. The SMILES string of the molecule is CC.CCc1nc2ccccc2cc1C. The van der Waals surface area contributed by atoms with Gasteiger partial charge in [0.15, 0.2) is 0 Å². The molecule has 0 aliphatic carbocycles. The van der Waals surface area contributed by atoms with E-state index in [1.54, 1.807) is 0 Å². The van der Waals surface area contributed by atoms with Gasteiger partial charge in [0.2, 0.25) is 0 Å². The third-order valence-electron chi connectivity index (χ3n) is 2.35. The first-order valence-corrected chi connectivity index (χ1v) is 5.66. The van der Waals surface area contributed by atoms with Crippen molar-refractivity contribution in [2.24, 2.45) is 0 Å². The Kier molecular flexibility index (Phi) is 4.29. The smallest absolute Gasteiger partial charge is 0.0705 e. The average Bonchev–Trinajstić information content (AvgIpc) is 2.31. The lowest BCUT2D eigenvalue weighted by molar-refractivity contribution is 1.03. The van der Waals surface area contributed by atoms with Crippen LogP contribution in [0.2, 0.25) is 0 Å². The van der Waals surface area contributed by atoms with E-state index in [1.165, 1.54) is 16.6 Å². The van der Waals surface area contributed by atoms with Crippen molar-refractivity contribution in [3.8, 4) is 0 Å². The minimum atomic E-state index is 1.01. The summed E-state index contributed by atoms with van der Waals surface area (Å²) in [5.41, 5.74) is 3.60. The number of nitrogens with zero attached hydrogens (tertiary/aromatic N) is 1. The molecule has 1 aromatic carbocycles. The fraction of sp³-hybridized carbons (Fsp3) is 0.357. The Hall–Kier alpha value is -1.37. The lowest BCUT2D eigenvalue weighted by atomic mass is 10.1. The molecule has 15 heavy (non-hydrogen) atoms. The average molecular weight is 201 g/mol. The third-order valence-corrected chi connectivity index (χ3v) is 2.35. The summed E-state index contributed by atoms with van der Waals surface area (Å²) in [7, 11) is 0. The summed E-state index contributed by atoms with van der Waals surface area (Å²) in [4.78, 5) is 4.59. The zero-order valence-corrected chi connectivity index (χ0v) is 10.0. The van der Waals surface area contributed by atoms with Gasteiger partial charge in [0, 0.05) is 11.1 Å². The molecule has 0 aliphatic heterocycles. The first kappa shape index (κ1) is 11.7. The normalized spacial score (nSPS) is 9.60. The van der Waals surface area contributed by atoms with Gasteiger partial charge in [-0.15, -0.1) is 0 Å². The van der Waals surface area contributed by atoms with Crippen LogP contribution in [0.4, 0.5) is 0 Å². The Balaban J connectivity index is 0.000000531. The molecule has 1 heterocycles. The summed E-state index contributed by atoms with van der Waals surface area (Å²) < 4.78 is 0. The van der Waals surface area contributed by atoms with Crippen molar-refractivity contribution in [1.82, 2.24) is 4.98 Å². The number of rotatable bonds is 1. The van der Waals surface area contributed by atoms with Gasteiger partial charge >= 0.3 is 0 Å². The largest absolute Gasteiger partial charge is 0.253 e. The van der Waals surface area contributed by atoms with Crippen LogP contribution in [0.25, 0.3) is 10.9 Å². The van der Waals surface area contributed by atoms with E-state index < -0.39 is 0 Å². The first-order chi connectivity index (χ1) is 7.31. The van der Waals surface area contributed by atoms with Crippen LogP contribution >= 0.6 is 0 Å². The van der Waals surface area contributed by atoms with Gasteiger partial charge in [-0.3, -0.25) is 4.98 Å². The molecule has 0 atom stereocenters. The maximum absolute atomic E-state index is 4.59. The zero-order chi connectivity index (χ0) is 11.3. The van der Waals surface area contributed by atoms with Gasteiger partial charge in [0.1, 0.15) is 0 Å². The summed E-state index contributed by atoms with van der Waals surface area (Å²) in [6.07, 6.45) is 1.01. The van der Waals surface area contributed by atoms with Crippen LogP contribution in [0.1, 0.15) is 32.0 Å². The number of aromatic nitrogens is 1. The molecule has 2 rings (SSSR count). The van der Waals surface area contributed by atoms with Crippen LogP contribution in [0.5, 0.6) is 0 Å². The lowest BCUT2D eigenvalue weighted by Gasteiger charge is -2.04. The van der Waals surface area contributed by atoms with Crippen LogP contribution in [0, 0.1) is 6.92 Å². The molecule has 0 aliphatic rings. The van der Waals surface area contributed by atoms with Crippen molar-refractivity contribution in [1.29, 1.82) is 0 Å². The van der Waals surface area contributed by atoms with E-state index in [4.69, 9.17) is 0 Å². The van der Waals surface area contributed by atoms with Gasteiger partial charge in [-0.2, -0.15) is 0 Å². The molecule has 0 saturated carbocycles. The lowest BCUT2D eigenvalue weighted by Crippen LogP contribution is -1.92. The molecule has 0 amide bonds. The van der Waals surface area contributed by atoms with Crippen molar-refractivity contribution in [2.45, 2.75) is 34.1 Å². The van der Waals surface area contributed by atoms with E-state index in [2.05, 4.69) is 43.1 Å². The fourth-order valence-corrected chi connectivity index (χ4v) is 1.62. The number of para-hydroxylation sites is 1. The molecular formula is C14H19N. The van der Waals surface area contributed by atoms with Gasteiger partial charge in [-0.25, -0.2) is 0 Å². The molecule has 2 aromatic rings. The van der Waals surface area contributed by atoms with E-state index in [-0.39, 0.29) is 0 Å². The predicted octanol–water partition coefficient (Wildman–Crippen LogP) is 4.13. The molecule has 0 bridgehead atoms. The number of fused-ring (bicyclic) bond motifs is 1. The molecule has 0 N–H and O–H groups in total. The first-order valence-electron chi connectivity index (χ1n) is 5.66. The highest BCUT2D eigenvalue weighted by Crippen LogP contribution is 2.15. The second-order valence-electron chi connectivity index (χ2n) is 3.30. The quantitative estimate of drug-likeness (QED) is 0.676. The maximum Gasteiger partial charge on any atom is 0.0705 e. The zero-order valence-electron chi connectivity index (χ0n) is 10.0. The van der Waals surface area contributed by atoms with Crippen molar-refractivity contribution < 1.29 is 0 Å². The second-order valence-corrected chi connectivity index (χ2v) is 3.30. The Morgan fingerprint density at radius 3 is 2.47 bits per heavy atom. The number of hydrogen-bond donors (Lipinski definition) is 0. The van der Waals surface area contributed by atoms with Gasteiger partial charge in [0.25, 0.3) is 0 Å². The Morgan fingerprint density at radius 1 is 1.13 bits per heavy atom. The van der Waals surface area contributed by atoms with Gasteiger partial charge in [-0.05, 0) is 31.0 Å². The molecule has 0 saturated heterocycles. The Labute approximate surface area is 92.2 Å². The molecule has 1 heteroatoms. The summed E-state index contributed by atoms with van der Waals surface area (Å²) in [5.74, 6) is 0. The standard InChI is InChI=1S/C12H13N.C2H6/c1-3-11-9(2)8-10-6-4-5-7-12(10)13-11;1-2/h4-8H,3H2,1-2H3;1-2H3. The summed E-state index contributed by atoms with van der Waals surface area (Å²) in [6.45, 7) is 8.27. The molecule has 80 valence electrons. The summed E-state index contributed by atoms with van der Waals surface area (Å²) in [5, 5.41) is 1.23. The highest BCUT2D eigenvalue weighted by Gasteiger charge is 1.99. The number of hydrogen-bond acceptors (Lipinski definition) is 1. The number of pyridine rings is 1. The van der Waals surface area contributed by atoms with Gasteiger partial charge in [-0.1, -0.05) is 39.0 Å². The van der Waals surface area contributed by atoms with Crippen molar-refractivity contribution in [3.05, 3.63) is 41.6 Å². The van der Waals surface area contributed by atoms with Crippen LogP contribution in [0.15, 0.2) is 30.3 Å². The van der Waals surface area contributed by atoms with Crippen molar-refractivity contribution in [3.63, 3.8) is 0 Å². The van der Waals surface area contributed by atoms with E-state index in [9.17, 15) is 0 Å². The van der Waals surface area contributed by atoms with Crippen LogP contribution in [-0.4, -0.2) is 4.98 Å². The predicted molar refractivity (Wildman–Crippen MR) is 67.2 cm³/mol. The summed E-state index contributed by atoms with van der Waals surface area (Å²) in [6, 6.07) is 10.5. The maximum atomic E-state index is 4.59. The molecule has 0 unspecified atom stereocenters. The monoisotopic (exact) mass is 201 g/mol. The molecule has 0 fully saturated rings. The fourth-order valence-electron chi connectivity index (χ4n) is 1.62. The Bertz CT molecular complexity index is 432. The highest BCUT2D eigenvalue weighted by atomic mass is 14.7. The van der Waals surface area contributed by atoms with Crippen LogP contribution in [0.3, 0.4) is 0 Å². The molecular weight excluding hydrogens is 182 g/mol. The number of aryl methyl sites for hydroxylation is 2. The molecule has 1 nitrogen and oxygen atoms in total. The number of benzene rings is 1. The van der Waals surface area contributed by atoms with Gasteiger partial charge < -0.3 is 0 Å². The van der Waals surface area contributed by atoms with Gasteiger partial charge in [0.05, 0.1) is 5.52 Å². The minimum absolute atomic E-state index is 1.01. The van der Waals surface area contributed by atoms with Crippen LogP contribution in [-0.2, 0) is 6.42 Å². The summed E-state index contributed by atoms with van der Waals surface area (Å²) >= 11 is 0. The van der Waals surface area contributed by atoms with Crippen molar-refractivity contribution in [2.75, 3.05) is 0 Å². The van der Waals surface area contributed by atoms with E-state index in [0.29, 0.717) is 0 Å².